The highest BCUT2D eigenvalue weighted by atomic mass is 32.2. The Kier molecular flexibility index (Phi) is 4.60. The number of hydrogen-bond donors (Lipinski definition) is 0. The van der Waals surface area contributed by atoms with Crippen LogP contribution < -0.4 is 5.69 Å². The van der Waals surface area contributed by atoms with Crippen molar-refractivity contribution in [1.82, 2.24) is 14.0 Å². The third-order valence-electron chi connectivity index (χ3n) is 4.93. The van der Waals surface area contributed by atoms with Crippen LogP contribution in [0.15, 0.2) is 52.2 Å². The number of hydrogen-bond acceptors (Lipinski definition) is 5. The highest BCUT2D eigenvalue weighted by molar-refractivity contribution is 8.18. The van der Waals surface area contributed by atoms with Crippen molar-refractivity contribution in [2.24, 2.45) is 14.1 Å². The third-order valence-corrected chi connectivity index (χ3v) is 5.84. The molecular weight excluding hydrogens is 388 g/mol. The molecule has 2 heterocycles. The van der Waals surface area contributed by atoms with Gasteiger partial charge in [0.2, 0.25) is 0 Å². The van der Waals surface area contributed by atoms with E-state index < -0.39 is 5.91 Å². The summed E-state index contributed by atoms with van der Waals surface area (Å²) >= 11 is 0.869. The van der Waals surface area contributed by atoms with Crippen LogP contribution in [-0.2, 0) is 25.4 Å². The molecule has 7 nitrogen and oxygen atoms in total. The van der Waals surface area contributed by atoms with Gasteiger partial charge in [0.25, 0.3) is 11.1 Å². The van der Waals surface area contributed by atoms with Crippen molar-refractivity contribution in [2.45, 2.75) is 6.54 Å². The van der Waals surface area contributed by atoms with E-state index in [1.807, 2.05) is 12.1 Å². The predicted molar refractivity (Wildman–Crippen MR) is 111 cm³/mol. The largest absolute Gasteiger partial charge is 0.328 e. The Morgan fingerprint density at radius 1 is 1.03 bits per heavy atom. The van der Waals surface area contributed by atoms with E-state index in [4.69, 9.17) is 0 Å². The smallest absolute Gasteiger partial charge is 0.295 e. The number of carbonyl (C=O) groups is 2. The third kappa shape index (κ3) is 3.15. The van der Waals surface area contributed by atoms with Gasteiger partial charge in [-0.3, -0.25) is 23.6 Å². The zero-order chi connectivity index (χ0) is 20.7. The Morgan fingerprint density at radius 3 is 2.52 bits per heavy atom. The van der Waals surface area contributed by atoms with Gasteiger partial charge in [0.05, 0.1) is 34.1 Å². The monoisotopic (exact) mass is 404 g/mol. The second kappa shape index (κ2) is 7.11. The molecule has 1 saturated heterocycles. The fraction of sp³-hybridized carbons (Fsp3) is 0.143. The lowest BCUT2D eigenvalue weighted by Gasteiger charge is -2.13. The molecule has 0 unspecified atom stereocenters. The van der Waals surface area contributed by atoms with Crippen LogP contribution in [0.25, 0.3) is 17.1 Å². The highest BCUT2D eigenvalue weighted by Gasteiger charge is 2.35. The second-order valence-electron chi connectivity index (χ2n) is 6.69. The first-order valence-electron chi connectivity index (χ1n) is 8.79. The minimum absolute atomic E-state index is 0.0535. The summed E-state index contributed by atoms with van der Waals surface area (Å²) in [7, 11) is 3.39. The van der Waals surface area contributed by atoms with Crippen LogP contribution in [0.5, 0.6) is 0 Å². The molecule has 1 aliphatic heterocycles. The van der Waals surface area contributed by atoms with Gasteiger partial charge in [-0.2, -0.15) is 5.26 Å². The van der Waals surface area contributed by atoms with E-state index in [1.54, 1.807) is 55.1 Å². The van der Waals surface area contributed by atoms with E-state index in [0.717, 1.165) is 33.3 Å². The number of amides is 2. The lowest BCUT2D eigenvalue weighted by molar-refractivity contribution is -0.123. The summed E-state index contributed by atoms with van der Waals surface area (Å²) in [6.45, 7) is 0.0535. The average Bonchev–Trinajstić information content (AvgIpc) is 3.11. The number of thioether (sulfide) groups is 1. The van der Waals surface area contributed by atoms with Gasteiger partial charge < -0.3 is 0 Å². The summed E-state index contributed by atoms with van der Waals surface area (Å²) in [6, 6.07) is 14.4. The van der Waals surface area contributed by atoms with Crippen molar-refractivity contribution >= 4 is 40.0 Å². The number of imide groups is 1. The molecule has 144 valence electrons. The van der Waals surface area contributed by atoms with Gasteiger partial charge in [-0.05, 0) is 47.2 Å². The average molecular weight is 404 g/mol. The Morgan fingerprint density at radius 2 is 1.76 bits per heavy atom. The molecule has 2 aromatic carbocycles. The Hall–Kier alpha value is -3.57. The molecule has 0 bridgehead atoms. The van der Waals surface area contributed by atoms with Crippen LogP contribution in [0, 0.1) is 11.3 Å². The number of imidazole rings is 1. The first kappa shape index (κ1) is 18.8. The first-order chi connectivity index (χ1) is 13.9. The molecule has 8 heteroatoms. The molecular formula is C21H16N4O3S. The van der Waals surface area contributed by atoms with Crippen molar-refractivity contribution < 1.29 is 9.59 Å². The summed E-state index contributed by atoms with van der Waals surface area (Å²) in [5.74, 6) is -0.394. The minimum atomic E-state index is -0.394. The van der Waals surface area contributed by atoms with Gasteiger partial charge >= 0.3 is 5.69 Å². The topological polar surface area (TPSA) is 88.1 Å². The zero-order valence-electron chi connectivity index (χ0n) is 15.7. The predicted octanol–water partition coefficient (Wildman–Crippen LogP) is 2.99. The zero-order valence-corrected chi connectivity index (χ0v) is 16.6. The van der Waals surface area contributed by atoms with Gasteiger partial charge in [-0.1, -0.05) is 24.3 Å². The minimum Gasteiger partial charge on any atom is -0.295 e. The maximum Gasteiger partial charge on any atom is 0.328 e. The SMILES string of the molecule is Cn1c(=O)n(C)c2cc(/C=C3/SC(=O)N(Cc4ccccc4C#N)C3=O)ccc21. The number of benzene rings is 2. The molecule has 1 aromatic heterocycles. The fourth-order valence-corrected chi connectivity index (χ4v) is 4.18. The van der Waals surface area contributed by atoms with Crippen molar-refractivity contribution in [3.63, 3.8) is 0 Å². The molecule has 0 radical (unpaired) electrons. The van der Waals surface area contributed by atoms with Crippen molar-refractivity contribution in [3.8, 4) is 6.07 Å². The first-order valence-corrected chi connectivity index (χ1v) is 9.61. The summed E-state index contributed by atoms with van der Waals surface area (Å²) < 4.78 is 3.09. The number of carbonyl (C=O) groups excluding carboxylic acids is 2. The van der Waals surface area contributed by atoms with E-state index in [-0.39, 0.29) is 17.5 Å². The molecule has 0 aliphatic carbocycles. The maximum atomic E-state index is 12.8. The summed E-state index contributed by atoms with van der Waals surface area (Å²) in [4.78, 5) is 38.7. The lowest BCUT2D eigenvalue weighted by Crippen LogP contribution is -2.27. The molecule has 0 saturated carbocycles. The standard InChI is InChI=1S/C21H16N4O3S/c1-23-16-8-7-13(9-17(16)24(2)20(23)27)10-18-19(26)25(21(28)29-18)12-15-6-4-3-5-14(15)11-22/h3-10H,12H2,1-2H3/b18-10+. The van der Waals surface area contributed by atoms with Crippen LogP contribution in [0.4, 0.5) is 4.79 Å². The normalized spacial score (nSPS) is 15.5. The number of nitrogens with zero attached hydrogens (tertiary/aromatic N) is 4. The summed E-state index contributed by atoms with van der Waals surface area (Å²) in [6.07, 6.45) is 1.65. The molecule has 3 aromatic rings. The van der Waals surface area contributed by atoms with Crippen LogP contribution in [0.2, 0.25) is 0 Å². The van der Waals surface area contributed by atoms with Crippen LogP contribution >= 0.6 is 11.8 Å². The van der Waals surface area contributed by atoms with Crippen molar-refractivity contribution in [1.29, 1.82) is 5.26 Å². The molecule has 1 fully saturated rings. The van der Waals surface area contributed by atoms with Gasteiger partial charge in [0, 0.05) is 14.1 Å². The summed E-state index contributed by atoms with van der Waals surface area (Å²) in [5.41, 5.74) is 3.18. The summed E-state index contributed by atoms with van der Waals surface area (Å²) in [5, 5.41) is 8.85. The van der Waals surface area contributed by atoms with E-state index >= 15 is 0 Å². The molecule has 0 N–H and O–H groups in total. The van der Waals surface area contributed by atoms with Crippen molar-refractivity contribution in [2.75, 3.05) is 0 Å². The molecule has 0 atom stereocenters. The van der Waals surface area contributed by atoms with Gasteiger partial charge in [0.1, 0.15) is 0 Å². The number of aromatic nitrogens is 2. The number of rotatable bonds is 3. The van der Waals surface area contributed by atoms with E-state index in [1.165, 1.54) is 4.57 Å². The quantitative estimate of drug-likeness (QED) is 0.626. The molecule has 1 aliphatic rings. The molecule has 2 amide bonds. The van der Waals surface area contributed by atoms with E-state index in [0.29, 0.717) is 16.0 Å². The Labute approximate surface area is 170 Å². The number of nitriles is 1. The molecule has 4 rings (SSSR count). The van der Waals surface area contributed by atoms with Crippen LogP contribution in [0.3, 0.4) is 0 Å². The Balaban J connectivity index is 1.66. The highest BCUT2D eigenvalue weighted by Crippen LogP contribution is 2.34. The maximum absolute atomic E-state index is 12.8. The van der Waals surface area contributed by atoms with Crippen LogP contribution in [-0.4, -0.2) is 25.2 Å². The van der Waals surface area contributed by atoms with Gasteiger partial charge in [0.15, 0.2) is 0 Å². The van der Waals surface area contributed by atoms with E-state index in [9.17, 15) is 19.6 Å². The molecule has 29 heavy (non-hydrogen) atoms. The number of fused-ring (bicyclic) bond motifs is 1. The molecule has 0 spiro atoms. The lowest BCUT2D eigenvalue weighted by atomic mass is 10.1. The fourth-order valence-electron chi connectivity index (χ4n) is 3.34. The Bertz CT molecular complexity index is 1310. The second-order valence-corrected chi connectivity index (χ2v) is 7.68. The van der Waals surface area contributed by atoms with Crippen molar-refractivity contribution in [3.05, 3.63) is 74.5 Å². The van der Waals surface area contributed by atoms with Crippen LogP contribution in [0.1, 0.15) is 16.7 Å². The van der Waals surface area contributed by atoms with E-state index in [2.05, 4.69) is 6.07 Å². The van der Waals surface area contributed by atoms with Gasteiger partial charge in [-0.25, -0.2) is 4.79 Å². The number of aryl methyl sites for hydroxylation is 2. The van der Waals surface area contributed by atoms with Gasteiger partial charge in [-0.15, -0.1) is 0 Å².